The topological polar surface area (TPSA) is 44.8 Å². The van der Waals surface area contributed by atoms with E-state index in [0.717, 1.165) is 0 Å². The number of benzene rings is 1. The van der Waals surface area contributed by atoms with Crippen LogP contribution in [0.3, 0.4) is 0 Å². The van der Waals surface area contributed by atoms with E-state index in [2.05, 4.69) is 0 Å². The molecule has 98 valence electrons. The highest BCUT2D eigenvalue weighted by Gasteiger charge is 2.11. The Kier molecular flexibility index (Phi) is 5.77. The van der Waals surface area contributed by atoms with Crippen molar-refractivity contribution in [3.8, 4) is 11.5 Å². The summed E-state index contributed by atoms with van der Waals surface area (Å²) in [5.74, 6) is 0.763. The van der Waals surface area contributed by atoms with Gasteiger partial charge in [0.1, 0.15) is 6.61 Å². The summed E-state index contributed by atoms with van der Waals surface area (Å²) in [6.07, 6.45) is 3.60. The Morgan fingerprint density at radius 2 is 2.11 bits per heavy atom. The van der Waals surface area contributed by atoms with Crippen molar-refractivity contribution < 1.29 is 19.0 Å². The van der Waals surface area contributed by atoms with Gasteiger partial charge in [-0.3, -0.25) is 0 Å². The monoisotopic (exact) mass is 250 g/mol. The molecule has 0 aliphatic rings. The first kappa shape index (κ1) is 14.1. The number of carbonyl (C=O) groups excluding carboxylic acids is 1. The SMILES string of the molecule is C/C=C/COC(=O)c1ccc(OC)c(OCC)c1. The highest BCUT2D eigenvalue weighted by molar-refractivity contribution is 5.90. The number of methoxy groups -OCH3 is 1. The Morgan fingerprint density at radius 3 is 2.72 bits per heavy atom. The molecule has 0 unspecified atom stereocenters. The zero-order valence-corrected chi connectivity index (χ0v) is 10.9. The van der Waals surface area contributed by atoms with Gasteiger partial charge in [0.25, 0.3) is 0 Å². The second kappa shape index (κ2) is 7.37. The lowest BCUT2D eigenvalue weighted by atomic mass is 10.2. The Balaban J connectivity index is 2.82. The number of allylic oxidation sites excluding steroid dienone is 1. The van der Waals surface area contributed by atoms with E-state index in [1.54, 1.807) is 31.4 Å². The lowest BCUT2D eigenvalue weighted by Crippen LogP contribution is -2.06. The van der Waals surface area contributed by atoms with Gasteiger partial charge in [0, 0.05) is 0 Å². The molecule has 0 fully saturated rings. The van der Waals surface area contributed by atoms with Gasteiger partial charge in [0.05, 0.1) is 19.3 Å². The third kappa shape index (κ3) is 3.80. The number of ether oxygens (including phenoxy) is 3. The third-order valence-corrected chi connectivity index (χ3v) is 2.25. The predicted octanol–water partition coefficient (Wildman–Crippen LogP) is 2.83. The van der Waals surface area contributed by atoms with E-state index in [9.17, 15) is 4.79 Å². The molecular weight excluding hydrogens is 232 g/mol. The van der Waals surface area contributed by atoms with Crippen molar-refractivity contribution in [1.82, 2.24) is 0 Å². The van der Waals surface area contributed by atoms with Crippen LogP contribution in [0, 0.1) is 0 Å². The summed E-state index contributed by atoms with van der Waals surface area (Å²) < 4.78 is 15.6. The van der Waals surface area contributed by atoms with E-state index >= 15 is 0 Å². The van der Waals surface area contributed by atoms with Gasteiger partial charge in [-0.05, 0) is 32.0 Å². The number of esters is 1. The van der Waals surface area contributed by atoms with Crippen LogP contribution in [0.5, 0.6) is 11.5 Å². The van der Waals surface area contributed by atoms with Gasteiger partial charge >= 0.3 is 5.97 Å². The zero-order chi connectivity index (χ0) is 13.4. The third-order valence-electron chi connectivity index (χ3n) is 2.25. The fourth-order valence-corrected chi connectivity index (χ4v) is 1.38. The first-order valence-corrected chi connectivity index (χ1v) is 5.82. The zero-order valence-electron chi connectivity index (χ0n) is 10.9. The fraction of sp³-hybridized carbons (Fsp3) is 0.357. The van der Waals surface area contributed by atoms with Crippen molar-refractivity contribution in [2.75, 3.05) is 20.3 Å². The molecule has 0 aliphatic carbocycles. The Hall–Kier alpha value is -1.97. The quantitative estimate of drug-likeness (QED) is 0.575. The van der Waals surface area contributed by atoms with Crippen molar-refractivity contribution in [2.24, 2.45) is 0 Å². The molecule has 0 atom stereocenters. The molecule has 0 saturated heterocycles. The number of rotatable bonds is 6. The smallest absolute Gasteiger partial charge is 0.338 e. The summed E-state index contributed by atoms with van der Waals surface area (Å²) in [6, 6.07) is 4.97. The van der Waals surface area contributed by atoms with Crippen LogP contribution in [0.4, 0.5) is 0 Å². The molecule has 4 heteroatoms. The molecule has 0 saturated carbocycles. The maximum atomic E-state index is 11.7. The summed E-state index contributed by atoms with van der Waals surface area (Å²) >= 11 is 0. The molecule has 18 heavy (non-hydrogen) atoms. The highest BCUT2D eigenvalue weighted by Crippen LogP contribution is 2.28. The molecule has 0 bridgehead atoms. The minimum atomic E-state index is -0.378. The highest BCUT2D eigenvalue weighted by atomic mass is 16.5. The van der Waals surface area contributed by atoms with Gasteiger partial charge in [-0.25, -0.2) is 4.79 Å². The standard InChI is InChI=1S/C14H18O4/c1-4-6-9-18-14(15)11-7-8-12(16-3)13(10-11)17-5-2/h4,6-8,10H,5,9H2,1-3H3/b6-4+. The van der Waals surface area contributed by atoms with Crippen LogP contribution in [0.25, 0.3) is 0 Å². The van der Waals surface area contributed by atoms with Gasteiger partial charge in [-0.2, -0.15) is 0 Å². The molecule has 0 aliphatic heterocycles. The number of carbonyl (C=O) groups is 1. The van der Waals surface area contributed by atoms with Crippen LogP contribution in [0.15, 0.2) is 30.4 Å². The van der Waals surface area contributed by atoms with E-state index in [1.165, 1.54) is 0 Å². The van der Waals surface area contributed by atoms with Gasteiger partial charge < -0.3 is 14.2 Å². The molecular formula is C14H18O4. The van der Waals surface area contributed by atoms with Crippen LogP contribution >= 0.6 is 0 Å². The molecule has 1 aromatic rings. The number of hydrogen-bond acceptors (Lipinski definition) is 4. The predicted molar refractivity (Wildman–Crippen MR) is 69.3 cm³/mol. The van der Waals surface area contributed by atoms with Crippen LogP contribution in [0.1, 0.15) is 24.2 Å². The molecule has 0 N–H and O–H groups in total. The summed E-state index contributed by atoms with van der Waals surface area (Å²) in [6.45, 7) is 4.52. The first-order chi connectivity index (χ1) is 8.72. The molecule has 0 heterocycles. The average molecular weight is 250 g/mol. The fourth-order valence-electron chi connectivity index (χ4n) is 1.38. The van der Waals surface area contributed by atoms with Crippen molar-refractivity contribution >= 4 is 5.97 Å². The first-order valence-electron chi connectivity index (χ1n) is 5.82. The molecule has 1 aromatic carbocycles. The molecule has 0 spiro atoms. The number of hydrogen-bond donors (Lipinski definition) is 0. The van der Waals surface area contributed by atoms with Crippen LogP contribution in [0.2, 0.25) is 0 Å². The molecule has 0 amide bonds. The van der Waals surface area contributed by atoms with Gasteiger partial charge in [0.2, 0.25) is 0 Å². The lowest BCUT2D eigenvalue weighted by molar-refractivity contribution is 0.0549. The van der Waals surface area contributed by atoms with E-state index < -0.39 is 0 Å². The van der Waals surface area contributed by atoms with Gasteiger partial charge in [-0.15, -0.1) is 0 Å². The maximum Gasteiger partial charge on any atom is 0.338 e. The summed E-state index contributed by atoms with van der Waals surface area (Å²) in [5, 5.41) is 0. The van der Waals surface area contributed by atoms with E-state index in [1.807, 2.05) is 19.9 Å². The Bertz CT molecular complexity index is 424. The largest absolute Gasteiger partial charge is 0.493 e. The van der Waals surface area contributed by atoms with E-state index in [-0.39, 0.29) is 12.6 Å². The minimum absolute atomic E-state index is 0.269. The van der Waals surface area contributed by atoms with Crippen LogP contribution in [-0.4, -0.2) is 26.3 Å². The van der Waals surface area contributed by atoms with Crippen LogP contribution < -0.4 is 9.47 Å². The van der Waals surface area contributed by atoms with Crippen molar-refractivity contribution in [2.45, 2.75) is 13.8 Å². The van der Waals surface area contributed by atoms with E-state index in [0.29, 0.717) is 23.7 Å². The summed E-state index contributed by atoms with van der Waals surface area (Å²) in [5.41, 5.74) is 0.448. The molecule has 1 rings (SSSR count). The maximum absolute atomic E-state index is 11.7. The Morgan fingerprint density at radius 1 is 1.33 bits per heavy atom. The van der Waals surface area contributed by atoms with Crippen LogP contribution in [-0.2, 0) is 4.74 Å². The second-order valence-electron chi connectivity index (χ2n) is 3.47. The lowest BCUT2D eigenvalue weighted by Gasteiger charge is -2.10. The van der Waals surface area contributed by atoms with Crippen molar-refractivity contribution in [3.05, 3.63) is 35.9 Å². The molecule has 0 radical (unpaired) electrons. The molecule has 0 aromatic heterocycles. The van der Waals surface area contributed by atoms with Gasteiger partial charge in [0.15, 0.2) is 11.5 Å². The average Bonchev–Trinajstić information content (AvgIpc) is 2.39. The normalized spacial score (nSPS) is 10.4. The van der Waals surface area contributed by atoms with Crippen molar-refractivity contribution in [3.63, 3.8) is 0 Å². The van der Waals surface area contributed by atoms with Crippen molar-refractivity contribution in [1.29, 1.82) is 0 Å². The minimum Gasteiger partial charge on any atom is -0.493 e. The Labute approximate surface area is 107 Å². The second-order valence-corrected chi connectivity index (χ2v) is 3.47. The summed E-state index contributed by atoms with van der Waals surface area (Å²) in [4.78, 5) is 11.7. The summed E-state index contributed by atoms with van der Waals surface area (Å²) in [7, 11) is 1.56. The molecule has 4 nitrogen and oxygen atoms in total. The van der Waals surface area contributed by atoms with Gasteiger partial charge in [-0.1, -0.05) is 12.2 Å². The van der Waals surface area contributed by atoms with E-state index in [4.69, 9.17) is 14.2 Å².